The number of benzene rings is 1. The lowest BCUT2D eigenvalue weighted by atomic mass is 10.2. The van der Waals surface area contributed by atoms with Crippen LogP contribution in [0.15, 0.2) is 41.7 Å². The highest BCUT2D eigenvalue weighted by atomic mass is 32.2. The summed E-state index contributed by atoms with van der Waals surface area (Å²) < 4.78 is 2.20. The number of nitrogens with zero attached hydrogens (tertiary/aromatic N) is 2. The van der Waals surface area contributed by atoms with Crippen molar-refractivity contribution in [2.75, 3.05) is 0 Å². The Bertz CT molecular complexity index is 479. The fraction of sp³-hybridized carbons (Fsp3) is 0.357. The molecule has 0 amide bonds. The minimum absolute atomic E-state index is 0.105. The van der Waals surface area contributed by atoms with Crippen LogP contribution in [0.2, 0.25) is 0 Å². The molecule has 18 heavy (non-hydrogen) atoms. The highest BCUT2D eigenvalue weighted by Crippen LogP contribution is 2.23. The van der Waals surface area contributed by atoms with Gasteiger partial charge in [0.15, 0.2) is 0 Å². The van der Waals surface area contributed by atoms with Crippen molar-refractivity contribution in [2.24, 2.45) is 0 Å². The molecule has 1 aromatic carbocycles. The van der Waals surface area contributed by atoms with Crippen molar-refractivity contribution in [3.63, 3.8) is 0 Å². The van der Waals surface area contributed by atoms with Crippen molar-refractivity contribution in [1.29, 1.82) is 0 Å². The van der Waals surface area contributed by atoms with Gasteiger partial charge >= 0.3 is 0 Å². The number of aromatic nitrogens is 2. The highest BCUT2D eigenvalue weighted by Gasteiger charge is 2.02. The molecule has 0 radical (unpaired) electrons. The Kier molecular flexibility index (Phi) is 4.84. The van der Waals surface area contributed by atoms with E-state index in [2.05, 4.69) is 28.6 Å². The normalized spacial score (nSPS) is 10.8. The number of aliphatic hydroxyl groups is 1. The van der Waals surface area contributed by atoms with Crippen LogP contribution in [0.4, 0.5) is 0 Å². The van der Waals surface area contributed by atoms with Crippen molar-refractivity contribution in [3.05, 3.63) is 48.0 Å². The van der Waals surface area contributed by atoms with Crippen LogP contribution in [0.25, 0.3) is 0 Å². The van der Waals surface area contributed by atoms with Crippen molar-refractivity contribution in [1.82, 2.24) is 9.55 Å². The molecule has 0 fully saturated rings. The second kappa shape index (κ2) is 6.61. The van der Waals surface area contributed by atoms with Crippen LogP contribution < -0.4 is 0 Å². The van der Waals surface area contributed by atoms with E-state index in [1.54, 1.807) is 11.8 Å². The maximum atomic E-state index is 8.99. The summed E-state index contributed by atoms with van der Waals surface area (Å²) in [5.74, 6) is 0.929. The second-order valence-corrected chi connectivity index (χ2v) is 5.22. The first kappa shape index (κ1) is 13.2. The van der Waals surface area contributed by atoms with Crippen LogP contribution in [0.3, 0.4) is 0 Å². The van der Waals surface area contributed by atoms with Gasteiger partial charge in [-0.15, -0.1) is 11.8 Å². The molecule has 2 rings (SSSR count). The Morgan fingerprint density at radius 1 is 1.28 bits per heavy atom. The lowest BCUT2D eigenvalue weighted by Gasteiger charge is -2.06. The Hall–Kier alpha value is -1.26. The minimum Gasteiger partial charge on any atom is -0.392 e. The third-order valence-electron chi connectivity index (χ3n) is 2.76. The lowest BCUT2D eigenvalue weighted by molar-refractivity contribution is 0.282. The van der Waals surface area contributed by atoms with Crippen LogP contribution >= 0.6 is 11.8 Å². The van der Waals surface area contributed by atoms with Gasteiger partial charge in [0, 0.05) is 29.1 Å². The SMILES string of the molecule is CCCn1cncc1CSc1ccc(CO)cc1. The molecule has 0 saturated carbocycles. The van der Waals surface area contributed by atoms with Gasteiger partial charge in [-0.1, -0.05) is 19.1 Å². The van der Waals surface area contributed by atoms with E-state index in [9.17, 15) is 0 Å². The number of imidazole rings is 1. The van der Waals surface area contributed by atoms with E-state index < -0.39 is 0 Å². The summed E-state index contributed by atoms with van der Waals surface area (Å²) in [5, 5.41) is 8.99. The zero-order chi connectivity index (χ0) is 12.8. The number of thioether (sulfide) groups is 1. The molecular formula is C14H18N2OS. The van der Waals surface area contributed by atoms with Gasteiger partial charge in [0.1, 0.15) is 0 Å². The maximum absolute atomic E-state index is 8.99. The molecule has 3 nitrogen and oxygen atoms in total. The van der Waals surface area contributed by atoms with E-state index in [0.717, 1.165) is 24.3 Å². The zero-order valence-corrected chi connectivity index (χ0v) is 11.4. The molecule has 0 unspecified atom stereocenters. The fourth-order valence-corrected chi connectivity index (χ4v) is 2.64. The number of aliphatic hydroxyl groups excluding tert-OH is 1. The van der Waals surface area contributed by atoms with Crippen molar-refractivity contribution in [3.8, 4) is 0 Å². The van der Waals surface area contributed by atoms with E-state index in [4.69, 9.17) is 5.11 Å². The molecule has 2 aromatic rings. The summed E-state index contributed by atoms with van der Waals surface area (Å²) in [4.78, 5) is 5.42. The molecule has 96 valence electrons. The molecule has 0 spiro atoms. The van der Waals surface area contributed by atoms with Crippen molar-refractivity contribution in [2.45, 2.75) is 37.1 Å². The first-order valence-corrected chi connectivity index (χ1v) is 7.13. The third kappa shape index (κ3) is 3.37. The van der Waals surface area contributed by atoms with Gasteiger partial charge in [-0.25, -0.2) is 4.98 Å². The number of rotatable bonds is 6. The fourth-order valence-electron chi connectivity index (χ4n) is 1.76. The Morgan fingerprint density at radius 3 is 2.72 bits per heavy atom. The Morgan fingerprint density at radius 2 is 2.06 bits per heavy atom. The monoisotopic (exact) mass is 262 g/mol. The van der Waals surface area contributed by atoms with Gasteiger partial charge in [0.05, 0.1) is 12.9 Å². The van der Waals surface area contributed by atoms with Gasteiger partial charge in [0.25, 0.3) is 0 Å². The number of hydrogen-bond acceptors (Lipinski definition) is 3. The molecule has 1 N–H and O–H groups in total. The Labute approximate surface area is 112 Å². The van der Waals surface area contributed by atoms with Crippen LogP contribution in [-0.4, -0.2) is 14.7 Å². The van der Waals surface area contributed by atoms with E-state index in [0.29, 0.717) is 0 Å². The van der Waals surface area contributed by atoms with Crippen molar-refractivity contribution >= 4 is 11.8 Å². The smallest absolute Gasteiger partial charge is 0.0948 e. The van der Waals surface area contributed by atoms with Gasteiger partial charge in [0.2, 0.25) is 0 Å². The van der Waals surface area contributed by atoms with Crippen LogP contribution in [0.1, 0.15) is 24.6 Å². The summed E-state index contributed by atoms with van der Waals surface area (Å²) in [6, 6.07) is 8.03. The predicted octanol–water partition coefficient (Wildman–Crippen LogP) is 3.08. The zero-order valence-electron chi connectivity index (χ0n) is 10.5. The molecule has 4 heteroatoms. The summed E-state index contributed by atoms with van der Waals surface area (Å²) in [6.45, 7) is 3.30. The summed E-state index contributed by atoms with van der Waals surface area (Å²) in [5.41, 5.74) is 2.21. The summed E-state index contributed by atoms with van der Waals surface area (Å²) in [7, 11) is 0. The van der Waals surface area contributed by atoms with Gasteiger partial charge < -0.3 is 9.67 Å². The molecular weight excluding hydrogens is 244 g/mol. The molecule has 0 aliphatic rings. The average Bonchev–Trinajstić information content (AvgIpc) is 2.85. The predicted molar refractivity (Wildman–Crippen MR) is 74.4 cm³/mol. The van der Waals surface area contributed by atoms with E-state index >= 15 is 0 Å². The second-order valence-electron chi connectivity index (χ2n) is 4.17. The molecule has 0 aliphatic heterocycles. The molecule has 1 aromatic heterocycles. The van der Waals surface area contributed by atoms with Gasteiger partial charge in [-0.3, -0.25) is 0 Å². The summed E-state index contributed by atoms with van der Waals surface area (Å²) >= 11 is 1.79. The molecule has 1 heterocycles. The average molecular weight is 262 g/mol. The van der Waals surface area contributed by atoms with Crippen molar-refractivity contribution < 1.29 is 5.11 Å². The Balaban J connectivity index is 1.95. The molecule has 0 aliphatic carbocycles. The quantitative estimate of drug-likeness (QED) is 0.813. The topological polar surface area (TPSA) is 38.0 Å². The summed E-state index contributed by atoms with van der Waals surface area (Å²) in [6.07, 6.45) is 4.96. The van der Waals surface area contributed by atoms with E-state index in [1.165, 1.54) is 10.6 Å². The van der Waals surface area contributed by atoms with E-state index in [1.807, 2.05) is 24.7 Å². The number of hydrogen-bond donors (Lipinski definition) is 1. The number of aryl methyl sites for hydroxylation is 1. The third-order valence-corrected chi connectivity index (χ3v) is 3.80. The first-order chi connectivity index (χ1) is 8.83. The van der Waals surface area contributed by atoms with E-state index in [-0.39, 0.29) is 6.61 Å². The molecule has 0 saturated heterocycles. The van der Waals surface area contributed by atoms with Gasteiger partial charge in [-0.05, 0) is 24.1 Å². The van der Waals surface area contributed by atoms with Crippen LogP contribution in [0.5, 0.6) is 0 Å². The first-order valence-electron chi connectivity index (χ1n) is 6.15. The maximum Gasteiger partial charge on any atom is 0.0948 e. The molecule has 0 bridgehead atoms. The van der Waals surface area contributed by atoms with Crippen LogP contribution in [-0.2, 0) is 18.9 Å². The molecule has 0 atom stereocenters. The van der Waals surface area contributed by atoms with Crippen LogP contribution in [0, 0.1) is 0 Å². The minimum atomic E-state index is 0.105. The largest absolute Gasteiger partial charge is 0.392 e. The van der Waals surface area contributed by atoms with Gasteiger partial charge in [-0.2, -0.15) is 0 Å². The lowest BCUT2D eigenvalue weighted by Crippen LogP contribution is -1.99. The highest BCUT2D eigenvalue weighted by molar-refractivity contribution is 7.98. The standard InChI is InChI=1S/C14H18N2OS/c1-2-7-16-11-15-8-13(16)10-18-14-5-3-12(9-17)4-6-14/h3-6,8,11,17H,2,7,9-10H2,1H3.